The molecule has 0 spiro atoms. The third-order valence-electron chi connectivity index (χ3n) is 6.25. The molecule has 2 amide bonds. The Labute approximate surface area is 170 Å². The largest absolute Gasteiger partial charge is 0.376 e. The van der Waals surface area contributed by atoms with Crippen molar-refractivity contribution in [1.29, 1.82) is 0 Å². The van der Waals surface area contributed by atoms with E-state index in [-0.39, 0.29) is 18.2 Å². The van der Waals surface area contributed by atoms with Crippen LogP contribution in [-0.4, -0.2) is 54.7 Å². The van der Waals surface area contributed by atoms with Crippen LogP contribution in [0.2, 0.25) is 0 Å². The molecule has 3 aliphatic rings. The highest BCUT2D eigenvalue weighted by Crippen LogP contribution is 2.32. The molecule has 2 fully saturated rings. The van der Waals surface area contributed by atoms with E-state index in [2.05, 4.69) is 25.2 Å². The average molecular weight is 399 g/mol. The van der Waals surface area contributed by atoms with Crippen LogP contribution in [0.4, 0.5) is 10.5 Å². The van der Waals surface area contributed by atoms with Gasteiger partial charge in [0, 0.05) is 32.3 Å². The highest BCUT2D eigenvalue weighted by molar-refractivity contribution is 5.89. The average Bonchev–Trinajstić information content (AvgIpc) is 3.50. The summed E-state index contributed by atoms with van der Waals surface area (Å²) < 4.78 is 9.76. The fourth-order valence-corrected chi connectivity index (χ4v) is 4.74. The van der Waals surface area contributed by atoms with E-state index < -0.39 is 0 Å². The first-order chi connectivity index (χ1) is 14.3. The molecule has 0 radical (unpaired) electrons. The summed E-state index contributed by atoms with van der Waals surface area (Å²) in [4.78, 5) is 15.0. The zero-order valence-corrected chi connectivity index (χ0v) is 16.8. The van der Waals surface area contributed by atoms with Crippen molar-refractivity contribution < 1.29 is 9.53 Å². The van der Waals surface area contributed by atoms with Crippen molar-refractivity contribution in [3.8, 4) is 0 Å². The van der Waals surface area contributed by atoms with E-state index in [1.165, 1.54) is 6.42 Å². The molecule has 2 atom stereocenters. The van der Waals surface area contributed by atoms with Gasteiger partial charge in [0.1, 0.15) is 5.82 Å². The van der Waals surface area contributed by atoms with Crippen molar-refractivity contribution in [1.82, 2.24) is 29.4 Å². The number of carbonyl (C=O) groups is 1. The van der Waals surface area contributed by atoms with E-state index in [9.17, 15) is 4.79 Å². The van der Waals surface area contributed by atoms with Gasteiger partial charge in [-0.3, -0.25) is 4.68 Å². The highest BCUT2D eigenvalue weighted by atomic mass is 16.5. The lowest BCUT2D eigenvalue weighted by atomic mass is 10.0. The van der Waals surface area contributed by atoms with Crippen molar-refractivity contribution >= 4 is 11.7 Å². The molecule has 5 heterocycles. The summed E-state index contributed by atoms with van der Waals surface area (Å²) in [6.45, 7) is 3.26. The van der Waals surface area contributed by atoms with Crippen LogP contribution >= 0.6 is 0 Å². The topological polar surface area (TPSA) is 90.1 Å². The van der Waals surface area contributed by atoms with Crippen molar-refractivity contribution in [2.24, 2.45) is 0 Å². The number of hydrogen-bond donors (Lipinski definition) is 1. The van der Waals surface area contributed by atoms with Crippen molar-refractivity contribution in [2.45, 2.75) is 76.6 Å². The maximum atomic E-state index is 13.1. The molecule has 9 nitrogen and oxygen atoms in total. The van der Waals surface area contributed by atoms with Gasteiger partial charge >= 0.3 is 6.03 Å². The van der Waals surface area contributed by atoms with Gasteiger partial charge in [0.2, 0.25) is 0 Å². The van der Waals surface area contributed by atoms with Crippen LogP contribution < -0.4 is 5.32 Å². The molecule has 0 bridgehead atoms. The fraction of sp³-hybridized carbons (Fsp3) is 0.700. The van der Waals surface area contributed by atoms with Gasteiger partial charge in [0.25, 0.3) is 0 Å². The molecular formula is C20H29N7O2. The number of likely N-dealkylation sites (tertiary alicyclic amines) is 1. The lowest BCUT2D eigenvalue weighted by Crippen LogP contribution is -2.42. The second-order valence-corrected chi connectivity index (χ2v) is 8.30. The van der Waals surface area contributed by atoms with Gasteiger partial charge in [-0.25, -0.2) is 4.79 Å². The Morgan fingerprint density at radius 1 is 1.14 bits per heavy atom. The number of carbonyl (C=O) groups excluding carboxylic acids is 1. The zero-order valence-electron chi connectivity index (χ0n) is 16.8. The maximum absolute atomic E-state index is 13.1. The van der Waals surface area contributed by atoms with Gasteiger partial charge < -0.3 is 19.5 Å². The molecule has 29 heavy (non-hydrogen) atoms. The second kappa shape index (κ2) is 8.14. The lowest BCUT2D eigenvalue weighted by molar-refractivity contribution is 0.0940. The van der Waals surface area contributed by atoms with Crippen molar-refractivity contribution in [3.63, 3.8) is 0 Å². The summed E-state index contributed by atoms with van der Waals surface area (Å²) in [5.74, 6) is 2.01. The normalized spacial score (nSPS) is 24.5. The number of rotatable bonds is 4. The van der Waals surface area contributed by atoms with Crippen LogP contribution in [0.5, 0.6) is 0 Å². The Bertz CT molecular complexity index is 855. The van der Waals surface area contributed by atoms with Gasteiger partial charge in [-0.05, 0) is 44.9 Å². The Kier molecular flexibility index (Phi) is 5.22. The Balaban J connectivity index is 1.28. The number of nitrogens with zero attached hydrogens (tertiary/aromatic N) is 6. The Morgan fingerprint density at radius 3 is 2.97 bits per heavy atom. The molecule has 1 N–H and O–H groups in total. The second-order valence-electron chi connectivity index (χ2n) is 8.30. The van der Waals surface area contributed by atoms with Gasteiger partial charge in [0.05, 0.1) is 30.6 Å². The van der Waals surface area contributed by atoms with Gasteiger partial charge in [-0.1, -0.05) is 0 Å². The van der Waals surface area contributed by atoms with Crippen molar-refractivity contribution in [3.05, 3.63) is 24.0 Å². The van der Waals surface area contributed by atoms with Crippen LogP contribution in [0.25, 0.3) is 0 Å². The summed E-state index contributed by atoms with van der Waals surface area (Å²) >= 11 is 0. The SMILES string of the molecule is O=C(Nc1cnn(C[C@@H]2CCCO2)c1)N1CCCC[C@@H]1c1nnc2n1CCCC2. The minimum Gasteiger partial charge on any atom is -0.376 e. The number of anilines is 1. The predicted molar refractivity (Wildman–Crippen MR) is 106 cm³/mol. The summed E-state index contributed by atoms with van der Waals surface area (Å²) in [6, 6.07) is -0.0930. The number of hydrogen-bond acceptors (Lipinski definition) is 5. The maximum Gasteiger partial charge on any atom is 0.322 e. The van der Waals surface area contributed by atoms with Crippen molar-refractivity contribution in [2.75, 3.05) is 18.5 Å². The number of piperidine rings is 1. The minimum absolute atomic E-state index is 0.00923. The predicted octanol–water partition coefficient (Wildman–Crippen LogP) is 2.75. The molecule has 0 aromatic carbocycles. The van der Waals surface area contributed by atoms with Gasteiger partial charge in [0.15, 0.2) is 5.82 Å². The number of aryl methyl sites for hydroxylation is 1. The van der Waals surface area contributed by atoms with Crippen LogP contribution in [-0.2, 0) is 24.2 Å². The summed E-state index contributed by atoms with van der Waals surface area (Å²) in [5.41, 5.74) is 0.723. The molecule has 9 heteroatoms. The zero-order chi connectivity index (χ0) is 19.6. The van der Waals surface area contributed by atoms with Crippen LogP contribution in [0, 0.1) is 0 Å². The summed E-state index contributed by atoms with van der Waals surface area (Å²) in [6.07, 6.45) is 12.4. The van der Waals surface area contributed by atoms with E-state index in [1.54, 1.807) is 6.20 Å². The number of ether oxygens (including phenoxy) is 1. The first-order valence-electron chi connectivity index (χ1n) is 10.9. The van der Waals surface area contributed by atoms with Gasteiger partial charge in [-0.15, -0.1) is 10.2 Å². The highest BCUT2D eigenvalue weighted by Gasteiger charge is 2.33. The van der Waals surface area contributed by atoms with Crippen LogP contribution in [0.3, 0.4) is 0 Å². The molecule has 2 saturated heterocycles. The molecule has 0 saturated carbocycles. The van der Waals surface area contributed by atoms with Crippen LogP contribution in [0.1, 0.15) is 62.6 Å². The number of aromatic nitrogens is 5. The van der Waals surface area contributed by atoms with Gasteiger partial charge in [-0.2, -0.15) is 5.10 Å². The summed E-state index contributed by atoms with van der Waals surface area (Å²) in [7, 11) is 0. The number of amides is 2. The molecule has 2 aromatic rings. The standard InChI is InChI=1S/C20H29N7O2/c28-20(22-15-12-21-25(13-15)14-16-6-5-11-29-16)26-9-3-1-7-17(26)19-24-23-18-8-2-4-10-27(18)19/h12-13,16-17H,1-11,14H2,(H,22,28)/t16-,17+/m0/s1. The third kappa shape index (κ3) is 3.88. The number of fused-ring (bicyclic) bond motifs is 1. The van der Waals surface area contributed by atoms with E-state index in [1.807, 2.05) is 15.8 Å². The molecule has 5 rings (SSSR count). The minimum atomic E-state index is -0.0838. The molecular weight excluding hydrogens is 370 g/mol. The lowest BCUT2D eigenvalue weighted by Gasteiger charge is -2.35. The molecule has 0 aliphatic carbocycles. The van der Waals surface area contributed by atoms with E-state index in [0.717, 1.165) is 88.5 Å². The quantitative estimate of drug-likeness (QED) is 0.854. The smallest absolute Gasteiger partial charge is 0.322 e. The molecule has 156 valence electrons. The Hall–Kier alpha value is -2.42. The first-order valence-corrected chi connectivity index (χ1v) is 10.9. The van der Waals surface area contributed by atoms with E-state index in [4.69, 9.17) is 4.74 Å². The monoisotopic (exact) mass is 399 g/mol. The fourth-order valence-electron chi connectivity index (χ4n) is 4.74. The molecule has 2 aromatic heterocycles. The summed E-state index contributed by atoms with van der Waals surface area (Å²) in [5, 5.41) is 16.3. The molecule has 0 unspecified atom stereocenters. The first kappa shape index (κ1) is 18.6. The third-order valence-corrected chi connectivity index (χ3v) is 6.25. The van der Waals surface area contributed by atoms with E-state index in [0.29, 0.717) is 0 Å². The molecule has 3 aliphatic heterocycles. The van der Waals surface area contributed by atoms with E-state index >= 15 is 0 Å². The Morgan fingerprint density at radius 2 is 2.07 bits per heavy atom. The number of urea groups is 1. The van der Waals surface area contributed by atoms with Crippen LogP contribution in [0.15, 0.2) is 12.4 Å². The number of nitrogens with one attached hydrogen (secondary N) is 1.